The van der Waals surface area contributed by atoms with Gasteiger partial charge in [-0.05, 0) is 56.2 Å². The number of Topliss-reactive ketones (excluding diaryl/α,β-unsaturated/α-hetero) is 1. The van der Waals surface area contributed by atoms with Gasteiger partial charge in [-0.15, -0.1) is 0 Å². The third-order valence-electron chi connectivity index (χ3n) is 5.01. The number of para-hydroxylation sites is 1. The Morgan fingerprint density at radius 1 is 0.967 bits per heavy atom. The third kappa shape index (κ3) is 6.70. The molecule has 0 spiro atoms. The molecule has 2 N–H and O–H groups in total. The number of benzene rings is 2. The molecule has 7 heteroatoms. The Morgan fingerprint density at radius 3 is 2.27 bits per heavy atom. The molecule has 158 valence electrons. The number of rotatable bonds is 8. The Kier molecular flexibility index (Phi) is 7.57. The lowest BCUT2D eigenvalue weighted by molar-refractivity contribution is -0.124. The van der Waals surface area contributed by atoms with Gasteiger partial charge in [0.15, 0.2) is 12.4 Å². The highest BCUT2D eigenvalue weighted by Crippen LogP contribution is 2.13. The molecule has 2 aromatic carbocycles. The quantitative estimate of drug-likeness (QED) is 0.654. The van der Waals surface area contributed by atoms with Crippen LogP contribution in [0.2, 0.25) is 0 Å². The van der Waals surface area contributed by atoms with Crippen LogP contribution in [0.4, 0.5) is 5.69 Å². The zero-order valence-corrected chi connectivity index (χ0v) is 17.1. The molecule has 1 aliphatic rings. The molecule has 2 amide bonds. The van der Waals surface area contributed by atoms with E-state index >= 15 is 0 Å². The summed E-state index contributed by atoms with van der Waals surface area (Å²) >= 11 is 0. The Morgan fingerprint density at radius 2 is 1.63 bits per heavy atom. The van der Waals surface area contributed by atoms with Crippen LogP contribution in [0.25, 0.3) is 0 Å². The van der Waals surface area contributed by atoms with Gasteiger partial charge in [-0.3, -0.25) is 19.3 Å². The van der Waals surface area contributed by atoms with E-state index in [9.17, 15) is 14.4 Å². The first-order valence-electron chi connectivity index (χ1n) is 10.1. The van der Waals surface area contributed by atoms with Crippen molar-refractivity contribution in [3.63, 3.8) is 0 Å². The fraction of sp³-hybridized carbons (Fsp3) is 0.348. The van der Waals surface area contributed by atoms with Crippen LogP contribution in [0, 0.1) is 0 Å². The zero-order valence-electron chi connectivity index (χ0n) is 17.1. The Hall–Kier alpha value is -3.19. The van der Waals surface area contributed by atoms with Crippen molar-refractivity contribution in [1.82, 2.24) is 10.2 Å². The maximum absolute atomic E-state index is 12.2. The molecule has 0 atom stereocenters. The number of carbonyl (C=O) groups is 3. The molecule has 1 aliphatic heterocycles. The number of hydrogen-bond donors (Lipinski definition) is 2. The van der Waals surface area contributed by atoms with Crippen molar-refractivity contribution in [3.8, 4) is 5.75 Å². The second-order valence-electron chi connectivity index (χ2n) is 7.40. The Labute approximate surface area is 176 Å². The lowest BCUT2D eigenvalue weighted by atomic mass is 10.1. The summed E-state index contributed by atoms with van der Waals surface area (Å²) < 4.78 is 5.49. The number of nitrogens with one attached hydrogen (secondary N) is 2. The van der Waals surface area contributed by atoms with Gasteiger partial charge >= 0.3 is 0 Å². The smallest absolute Gasteiger partial charge is 0.258 e. The van der Waals surface area contributed by atoms with E-state index in [1.54, 1.807) is 24.3 Å². The van der Waals surface area contributed by atoms with Gasteiger partial charge < -0.3 is 15.4 Å². The van der Waals surface area contributed by atoms with E-state index in [1.165, 1.54) is 6.92 Å². The highest BCUT2D eigenvalue weighted by molar-refractivity contribution is 5.94. The highest BCUT2D eigenvalue weighted by atomic mass is 16.5. The number of ether oxygens (including phenoxy) is 1. The normalized spacial score (nSPS) is 14.7. The summed E-state index contributed by atoms with van der Waals surface area (Å²) in [6.07, 6.45) is 1.58. The van der Waals surface area contributed by atoms with Crippen LogP contribution in [0.3, 0.4) is 0 Å². The van der Waals surface area contributed by atoms with Crippen LogP contribution in [0.5, 0.6) is 5.75 Å². The Balaban J connectivity index is 1.34. The lowest BCUT2D eigenvalue weighted by Crippen LogP contribution is -2.47. The molecule has 1 fully saturated rings. The van der Waals surface area contributed by atoms with Gasteiger partial charge in [-0.25, -0.2) is 0 Å². The van der Waals surface area contributed by atoms with Crippen LogP contribution in [0.1, 0.15) is 30.1 Å². The number of ketones is 1. The van der Waals surface area contributed by atoms with Crippen LogP contribution >= 0.6 is 0 Å². The van der Waals surface area contributed by atoms with Gasteiger partial charge in [0.05, 0.1) is 6.54 Å². The molecule has 2 aromatic rings. The topological polar surface area (TPSA) is 87.7 Å². The molecule has 7 nitrogen and oxygen atoms in total. The standard InChI is InChI=1S/C23H27N3O4/c1-17(27)18-7-9-21(10-8-18)30-16-23(29)25-20-11-13-26(14-12-20)15-22(28)24-19-5-3-2-4-6-19/h2-10,20H,11-16H2,1H3,(H,24,28)(H,25,29). The maximum atomic E-state index is 12.2. The van der Waals surface area contributed by atoms with Crippen molar-refractivity contribution in [1.29, 1.82) is 0 Å². The first-order valence-corrected chi connectivity index (χ1v) is 10.1. The molecule has 0 aromatic heterocycles. The molecular weight excluding hydrogens is 382 g/mol. The summed E-state index contributed by atoms with van der Waals surface area (Å²) in [4.78, 5) is 37.7. The first kappa shape index (κ1) is 21.5. The number of amides is 2. The van der Waals surface area contributed by atoms with Crippen LogP contribution in [-0.2, 0) is 9.59 Å². The van der Waals surface area contributed by atoms with Crippen LogP contribution in [-0.4, -0.2) is 54.8 Å². The average molecular weight is 409 g/mol. The predicted molar refractivity (Wildman–Crippen MR) is 115 cm³/mol. The fourth-order valence-corrected chi connectivity index (χ4v) is 3.36. The summed E-state index contributed by atoms with van der Waals surface area (Å²) in [7, 11) is 0. The SMILES string of the molecule is CC(=O)c1ccc(OCC(=O)NC2CCN(CC(=O)Nc3ccccc3)CC2)cc1. The van der Waals surface area contributed by atoms with E-state index in [0.717, 1.165) is 31.6 Å². The summed E-state index contributed by atoms with van der Waals surface area (Å²) in [6, 6.07) is 16.2. The van der Waals surface area contributed by atoms with Gasteiger partial charge in [0.2, 0.25) is 5.91 Å². The number of hydrogen-bond acceptors (Lipinski definition) is 5. The van der Waals surface area contributed by atoms with E-state index in [-0.39, 0.29) is 30.2 Å². The minimum Gasteiger partial charge on any atom is -0.484 e. The van der Waals surface area contributed by atoms with Gasteiger partial charge in [0, 0.05) is 30.4 Å². The number of piperidine rings is 1. The van der Waals surface area contributed by atoms with Crippen LogP contribution in [0.15, 0.2) is 54.6 Å². The molecule has 0 unspecified atom stereocenters. The molecule has 1 heterocycles. The minimum atomic E-state index is -0.175. The van der Waals surface area contributed by atoms with E-state index in [1.807, 2.05) is 30.3 Å². The van der Waals surface area contributed by atoms with Crippen molar-refractivity contribution in [3.05, 3.63) is 60.2 Å². The van der Waals surface area contributed by atoms with Gasteiger partial charge in [-0.2, -0.15) is 0 Å². The number of likely N-dealkylation sites (tertiary alicyclic amines) is 1. The molecule has 30 heavy (non-hydrogen) atoms. The van der Waals surface area contributed by atoms with Crippen molar-refractivity contribution in [2.24, 2.45) is 0 Å². The van der Waals surface area contributed by atoms with Crippen molar-refractivity contribution >= 4 is 23.3 Å². The average Bonchev–Trinajstić information content (AvgIpc) is 2.74. The summed E-state index contributed by atoms with van der Waals surface area (Å²) in [5.74, 6) is 0.330. The lowest BCUT2D eigenvalue weighted by Gasteiger charge is -2.31. The van der Waals surface area contributed by atoms with Gasteiger partial charge in [0.1, 0.15) is 5.75 Å². The molecular formula is C23H27N3O4. The van der Waals surface area contributed by atoms with Crippen molar-refractivity contribution in [2.45, 2.75) is 25.8 Å². The molecule has 0 saturated carbocycles. The van der Waals surface area contributed by atoms with E-state index in [0.29, 0.717) is 17.9 Å². The third-order valence-corrected chi connectivity index (χ3v) is 5.01. The van der Waals surface area contributed by atoms with Crippen LogP contribution < -0.4 is 15.4 Å². The molecule has 0 aliphatic carbocycles. The first-order chi connectivity index (χ1) is 14.5. The Bertz CT molecular complexity index is 860. The maximum Gasteiger partial charge on any atom is 0.258 e. The van der Waals surface area contributed by atoms with Crippen molar-refractivity contribution < 1.29 is 19.1 Å². The largest absolute Gasteiger partial charge is 0.484 e. The van der Waals surface area contributed by atoms with E-state index < -0.39 is 0 Å². The predicted octanol–water partition coefficient (Wildman–Crippen LogP) is 2.49. The van der Waals surface area contributed by atoms with Crippen molar-refractivity contribution in [2.75, 3.05) is 31.6 Å². The number of anilines is 1. The molecule has 1 saturated heterocycles. The second kappa shape index (κ2) is 10.5. The van der Waals surface area contributed by atoms with Gasteiger partial charge in [0.25, 0.3) is 5.91 Å². The molecule has 0 radical (unpaired) electrons. The summed E-state index contributed by atoms with van der Waals surface area (Å²) in [5, 5.41) is 5.88. The molecule has 3 rings (SSSR count). The number of carbonyl (C=O) groups excluding carboxylic acids is 3. The fourth-order valence-electron chi connectivity index (χ4n) is 3.36. The van der Waals surface area contributed by atoms with Gasteiger partial charge in [-0.1, -0.05) is 18.2 Å². The second-order valence-corrected chi connectivity index (χ2v) is 7.40. The van der Waals surface area contributed by atoms with E-state index in [2.05, 4.69) is 15.5 Å². The summed E-state index contributed by atoms with van der Waals surface area (Å²) in [5.41, 5.74) is 1.40. The summed E-state index contributed by atoms with van der Waals surface area (Å²) in [6.45, 7) is 3.28. The minimum absolute atomic E-state index is 0.0109. The monoisotopic (exact) mass is 409 g/mol. The number of nitrogens with zero attached hydrogens (tertiary/aromatic N) is 1. The van der Waals surface area contributed by atoms with E-state index in [4.69, 9.17) is 4.74 Å². The molecule has 0 bridgehead atoms. The highest BCUT2D eigenvalue weighted by Gasteiger charge is 2.22. The zero-order chi connectivity index (χ0) is 21.3.